The topological polar surface area (TPSA) is 70.7 Å². The van der Waals surface area contributed by atoms with Gasteiger partial charge in [-0.15, -0.1) is 0 Å². The number of ether oxygens (including phenoxy) is 1. The van der Waals surface area contributed by atoms with Gasteiger partial charge in [0.15, 0.2) is 0 Å². The molecule has 6 nitrogen and oxygen atoms in total. The van der Waals surface area contributed by atoms with E-state index in [-0.39, 0.29) is 18.4 Å². The lowest BCUT2D eigenvalue weighted by atomic mass is 10.1. The van der Waals surface area contributed by atoms with E-state index in [9.17, 15) is 9.59 Å². The van der Waals surface area contributed by atoms with Crippen LogP contribution in [0.1, 0.15) is 22.8 Å². The molecular weight excluding hydrogens is 390 g/mol. The predicted octanol–water partition coefficient (Wildman–Crippen LogP) is 4.41. The lowest BCUT2D eigenvalue weighted by molar-refractivity contribution is -0.114. The molecule has 0 bridgehead atoms. The van der Waals surface area contributed by atoms with Gasteiger partial charge >= 0.3 is 0 Å². The minimum Gasteiger partial charge on any atom is -0.494 e. The molecule has 0 saturated carbocycles. The fraction of sp³-hybridized carbons (Fsp3) is 0.200. The average molecular weight is 418 g/mol. The molecule has 2 N–H and O–H groups in total. The molecule has 0 aliphatic carbocycles. The van der Waals surface area contributed by atoms with Crippen molar-refractivity contribution in [1.29, 1.82) is 0 Å². The molecule has 0 radical (unpaired) electrons. The summed E-state index contributed by atoms with van der Waals surface area (Å²) < 4.78 is 5.46. The van der Waals surface area contributed by atoms with Gasteiger partial charge in [-0.25, -0.2) is 0 Å². The van der Waals surface area contributed by atoms with Gasteiger partial charge in [0.1, 0.15) is 5.75 Å². The second-order valence-corrected chi connectivity index (χ2v) is 7.09. The maximum absolute atomic E-state index is 12.8. The molecular formula is C25H27N3O3. The van der Waals surface area contributed by atoms with Crippen LogP contribution in [-0.2, 0) is 11.3 Å². The molecule has 2 amide bonds. The third-order valence-electron chi connectivity index (χ3n) is 4.60. The van der Waals surface area contributed by atoms with Crippen molar-refractivity contribution in [3.8, 4) is 5.75 Å². The number of amides is 2. The lowest BCUT2D eigenvalue weighted by Crippen LogP contribution is -2.26. The second kappa shape index (κ2) is 10.8. The third kappa shape index (κ3) is 6.60. The number of benzene rings is 3. The summed E-state index contributed by atoms with van der Waals surface area (Å²) in [5.41, 5.74) is 2.96. The van der Waals surface area contributed by atoms with Crippen LogP contribution in [0.4, 0.5) is 11.4 Å². The van der Waals surface area contributed by atoms with Crippen LogP contribution in [0.3, 0.4) is 0 Å². The molecule has 0 unspecified atom stereocenters. The van der Waals surface area contributed by atoms with Crippen LogP contribution < -0.4 is 15.4 Å². The molecule has 0 saturated heterocycles. The quantitative estimate of drug-likeness (QED) is 0.541. The standard InChI is InChI=1S/C25H27N3O3/c1-3-31-23-14-8-12-21(16-23)26-17-24(29)27-22-13-7-11-20(15-22)25(30)28(2)18-19-9-5-4-6-10-19/h4-16,26H,3,17-18H2,1-2H3,(H,27,29). The summed E-state index contributed by atoms with van der Waals surface area (Å²) >= 11 is 0. The maximum Gasteiger partial charge on any atom is 0.253 e. The van der Waals surface area contributed by atoms with E-state index < -0.39 is 0 Å². The van der Waals surface area contributed by atoms with E-state index in [2.05, 4.69) is 10.6 Å². The van der Waals surface area contributed by atoms with E-state index >= 15 is 0 Å². The van der Waals surface area contributed by atoms with Gasteiger partial charge in [-0.05, 0) is 42.8 Å². The van der Waals surface area contributed by atoms with E-state index in [4.69, 9.17) is 4.74 Å². The number of carbonyl (C=O) groups is 2. The van der Waals surface area contributed by atoms with Gasteiger partial charge in [0.25, 0.3) is 5.91 Å². The largest absolute Gasteiger partial charge is 0.494 e. The van der Waals surface area contributed by atoms with Crippen molar-refractivity contribution in [2.45, 2.75) is 13.5 Å². The van der Waals surface area contributed by atoms with Crippen molar-refractivity contribution in [2.75, 3.05) is 30.8 Å². The number of anilines is 2. The van der Waals surface area contributed by atoms with Crippen LogP contribution in [0.15, 0.2) is 78.9 Å². The van der Waals surface area contributed by atoms with Crippen LogP contribution in [0.5, 0.6) is 5.75 Å². The fourth-order valence-electron chi connectivity index (χ4n) is 3.13. The zero-order valence-electron chi connectivity index (χ0n) is 17.8. The van der Waals surface area contributed by atoms with E-state index in [0.29, 0.717) is 24.4 Å². The normalized spacial score (nSPS) is 10.3. The van der Waals surface area contributed by atoms with E-state index in [0.717, 1.165) is 17.0 Å². The van der Waals surface area contributed by atoms with Crippen molar-refractivity contribution in [2.24, 2.45) is 0 Å². The summed E-state index contributed by atoms with van der Waals surface area (Å²) in [5, 5.41) is 5.91. The summed E-state index contributed by atoms with van der Waals surface area (Å²) in [6.07, 6.45) is 0. The highest BCUT2D eigenvalue weighted by molar-refractivity contribution is 5.98. The molecule has 3 aromatic rings. The van der Waals surface area contributed by atoms with E-state index in [1.54, 1.807) is 36.2 Å². The minimum atomic E-state index is -0.205. The molecule has 0 aromatic heterocycles. The molecule has 3 aromatic carbocycles. The molecule has 0 spiro atoms. The van der Waals surface area contributed by atoms with Gasteiger partial charge in [0, 0.05) is 36.6 Å². The smallest absolute Gasteiger partial charge is 0.253 e. The van der Waals surface area contributed by atoms with E-state index in [1.165, 1.54) is 0 Å². The second-order valence-electron chi connectivity index (χ2n) is 7.09. The van der Waals surface area contributed by atoms with Crippen molar-refractivity contribution < 1.29 is 14.3 Å². The van der Waals surface area contributed by atoms with Gasteiger partial charge < -0.3 is 20.3 Å². The summed E-state index contributed by atoms with van der Waals surface area (Å²) in [6, 6.07) is 24.2. The molecule has 0 aliphatic heterocycles. The predicted molar refractivity (Wildman–Crippen MR) is 123 cm³/mol. The first kappa shape index (κ1) is 21.9. The number of nitrogens with zero attached hydrogens (tertiary/aromatic N) is 1. The van der Waals surface area contributed by atoms with Crippen LogP contribution in [0.25, 0.3) is 0 Å². The minimum absolute atomic E-state index is 0.0989. The lowest BCUT2D eigenvalue weighted by Gasteiger charge is -2.18. The Morgan fingerprint density at radius 2 is 1.65 bits per heavy atom. The summed E-state index contributed by atoms with van der Waals surface area (Å²) in [5.74, 6) is 0.439. The van der Waals surface area contributed by atoms with Crippen LogP contribution in [-0.4, -0.2) is 36.9 Å². The average Bonchev–Trinajstić information content (AvgIpc) is 2.78. The number of hydrogen-bond donors (Lipinski definition) is 2. The molecule has 3 rings (SSSR count). The van der Waals surface area contributed by atoms with Crippen LogP contribution in [0, 0.1) is 0 Å². The Balaban J connectivity index is 1.56. The zero-order valence-corrected chi connectivity index (χ0v) is 17.8. The maximum atomic E-state index is 12.8. The van der Waals surface area contributed by atoms with Crippen molar-refractivity contribution >= 4 is 23.2 Å². The fourth-order valence-corrected chi connectivity index (χ4v) is 3.13. The molecule has 0 heterocycles. The highest BCUT2D eigenvalue weighted by Gasteiger charge is 2.13. The van der Waals surface area contributed by atoms with Crippen molar-refractivity contribution in [3.05, 3.63) is 90.0 Å². The van der Waals surface area contributed by atoms with Crippen molar-refractivity contribution in [3.63, 3.8) is 0 Å². The summed E-state index contributed by atoms with van der Waals surface area (Å²) in [4.78, 5) is 26.8. The van der Waals surface area contributed by atoms with Gasteiger partial charge in [-0.3, -0.25) is 9.59 Å². The van der Waals surface area contributed by atoms with Gasteiger partial charge in [0.2, 0.25) is 5.91 Å². The van der Waals surface area contributed by atoms with Gasteiger partial charge in [-0.2, -0.15) is 0 Å². The monoisotopic (exact) mass is 417 g/mol. The summed E-state index contributed by atoms with van der Waals surface area (Å²) in [6.45, 7) is 3.12. The number of carbonyl (C=O) groups excluding carboxylic acids is 2. The Kier molecular flexibility index (Phi) is 7.65. The van der Waals surface area contributed by atoms with Crippen LogP contribution >= 0.6 is 0 Å². The molecule has 0 fully saturated rings. The SMILES string of the molecule is CCOc1cccc(NCC(=O)Nc2cccc(C(=O)N(C)Cc3ccccc3)c2)c1. The van der Waals surface area contributed by atoms with Gasteiger partial charge in [0.05, 0.1) is 13.2 Å². The first-order valence-corrected chi connectivity index (χ1v) is 10.2. The number of nitrogens with one attached hydrogen (secondary N) is 2. The Labute approximate surface area is 182 Å². The number of rotatable bonds is 9. The Morgan fingerprint density at radius 1 is 0.903 bits per heavy atom. The zero-order chi connectivity index (χ0) is 22.1. The molecule has 0 aliphatic rings. The Bertz CT molecular complexity index is 1020. The third-order valence-corrected chi connectivity index (χ3v) is 4.60. The Hall–Kier alpha value is -3.80. The molecule has 0 atom stereocenters. The Morgan fingerprint density at radius 3 is 2.42 bits per heavy atom. The van der Waals surface area contributed by atoms with E-state index in [1.807, 2.05) is 61.5 Å². The molecule has 160 valence electrons. The highest BCUT2D eigenvalue weighted by Crippen LogP contribution is 2.17. The first-order chi connectivity index (χ1) is 15.0. The van der Waals surface area contributed by atoms with Crippen LogP contribution in [0.2, 0.25) is 0 Å². The molecule has 31 heavy (non-hydrogen) atoms. The highest BCUT2D eigenvalue weighted by atomic mass is 16.5. The van der Waals surface area contributed by atoms with Crippen molar-refractivity contribution in [1.82, 2.24) is 4.90 Å². The van der Waals surface area contributed by atoms with Gasteiger partial charge in [-0.1, -0.05) is 42.5 Å². The number of hydrogen-bond acceptors (Lipinski definition) is 4. The summed E-state index contributed by atoms with van der Waals surface area (Å²) in [7, 11) is 1.76. The molecule has 6 heteroatoms. The first-order valence-electron chi connectivity index (χ1n) is 10.2.